The summed E-state index contributed by atoms with van der Waals surface area (Å²) in [6.45, 7) is 1.03. The molecule has 1 aliphatic heterocycles. The average molecular weight is 369 g/mol. The summed E-state index contributed by atoms with van der Waals surface area (Å²) >= 11 is 0. The SMILES string of the molecule is Cn1nc(C(=O)NCCc2noc([C@H]3CCCO3)n2)c2ccccc2c1=O. The average Bonchev–Trinajstić information content (AvgIpc) is 3.36. The molecule has 3 heterocycles. The van der Waals surface area contributed by atoms with E-state index in [4.69, 9.17) is 9.26 Å². The van der Waals surface area contributed by atoms with Gasteiger partial charge in [-0.1, -0.05) is 23.4 Å². The van der Waals surface area contributed by atoms with E-state index in [9.17, 15) is 9.59 Å². The highest BCUT2D eigenvalue weighted by atomic mass is 16.5. The Morgan fingerprint density at radius 3 is 2.93 bits per heavy atom. The molecule has 1 aromatic carbocycles. The zero-order valence-corrected chi connectivity index (χ0v) is 14.8. The van der Waals surface area contributed by atoms with Crippen LogP contribution in [0.3, 0.4) is 0 Å². The van der Waals surface area contributed by atoms with E-state index in [-0.39, 0.29) is 23.3 Å². The quantitative estimate of drug-likeness (QED) is 0.717. The summed E-state index contributed by atoms with van der Waals surface area (Å²) in [6, 6.07) is 6.92. The Bertz CT molecular complexity index is 1040. The second-order valence-electron chi connectivity index (χ2n) is 6.38. The van der Waals surface area contributed by atoms with Gasteiger partial charge in [-0.05, 0) is 18.9 Å². The Morgan fingerprint density at radius 2 is 2.15 bits per heavy atom. The van der Waals surface area contributed by atoms with Crippen LogP contribution in [0.1, 0.15) is 41.1 Å². The molecule has 0 radical (unpaired) electrons. The smallest absolute Gasteiger partial charge is 0.274 e. The van der Waals surface area contributed by atoms with Crippen molar-refractivity contribution in [1.29, 1.82) is 0 Å². The topological polar surface area (TPSA) is 112 Å². The second-order valence-corrected chi connectivity index (χ2v) is 6.38. The lowest BCUT2D eigenvalue weighted by molar-refractivity contribution is 0.0835. The molecule has 1 fully saturated rings. The lowest BCUT2D eigenvalue weighted by Gasteiger charge is -2.08. The van der Waals surface area contributed by atoms with Crippen molar-refractivity contribution < 1.29 is 14.1 Å². The predicted molar refractivity (Wildman–Crippen MR) is 95.2 cm³/mol. The van der Waals surface area contributed by atoms with Crippen LogP contribution < -0.4 is 10.9 Å². The van der Waals surface area contributed by atoms with Crippen LogP contribution in [-0.4, -0.2) is 39.0 Å². The number of amides is 1. The Labute approximate surface area is 154 Å². The molecule has 1 aliphatic rings. The molecular weight excluding hydrogens is 350 g/mol. The molecule has 0 unspecified atom stereocenters. The monoisotopic (exact) mass is 369 g/mol. The third-order valence-electron chi connectivity index (χ3n) is 4.49. The molecule has 9 heteroatoms. The van der Waals surface area contributed by atoms with Gasteiger partial charge in [0.2, 0.25) is 0 Å². The molecule has 2 aromatic heterocycles. The van der Waals surface area contributed by atoms with E-state index in [1.54, 1.807) is 24.3 Å². The highest BCUT2D eigenvalue weighted by Crippen LogP contribution is 2.26. The lowest BCUT2D eigenvalue weighted by Crippen LogP contribution is -2.30. The van der Waals surface area contributed by atoms with E-state index >= 15 is 0 Å². The normalized spacial score (nSPS) is 16.7. The van der Waals surface area contributed by atoms with Gasteiger partial charge in [0.1, 0.15) is 6.10 Å². The van der Waals surface area contributed by atoms with Gasteiger partial charge in [-0.25, -0.2) is 4.68 Å². The Morgan fingerprint density at radius 1 is 1.33 bits per heavy atom. The largest absolute Gasteiger partial charge is 0.368 e. The molecule has 140 valence electrons. The van der Waals surface area contributed by atoms with Crippen molar-refractivity contribution >= 4 is 16.7 Å². The lowest BCUT2D eigenvalue weighted by atomic mass is 10.1. The maximum atomic E-state index is 12.6. The number of aryl methyl sites for hydroxylation is 1. The molecule has 1 saturated heterocycles. The predicted octanol–water partition coefficient (Wildman–Crippen LogP) is 1.14. The Hall–Kier alpha value is -3.07. The van der Waals surface area contributed by atoms with Gasteiger partial charge < -0.3 is 14.6 Å². The number of hydrogen-bond acceptors (Lipinski definition) is 7. The standard InChI is InChI=1S/C18H19N5O4/c1-23-18(25)12-6-3-2-5-11(12)15(21-23)16(24)19-9-8-14-20-17(27-22-14)13-7-4-10-26-13/h2-3,5-6,13H,4,7-10H2,1H3,(H,19,24)/t13-/m1/s1. The number of aromatic nitrogens is 4. The fourth-order valence-corrected chi connectivity index (χ4v) is 3.11. The Kier molecular flexibility index (Phi) is 4.68. The summed E-state index contributed by atoms with van der Waals surface area (Å²) in [7, 11) is 1.53. The van der Waals surface area contributed by atoms with Crippen molar-refractivity contribution in [1.82, 2.24) is 25.2 Å². The summed E-state index contributed by atoms with van der Waals surface area (Å²) in [4.78, 5) is 29.0. The van der Waals surface area contributed by atoms with E-state index in [0.29, 0.717) is 42.1 Å². The molecule has 1 N–H and O–H groups in total. The number of hydrogen-bond donors (Lipinski definition) is 1. The molecule has 0 saturated carbocycles. The summed E-state index contributed by atoms with van der Waals surface area (Å²) < 4.78 is 11.9. The molecule has 3 aromatic rings. The number of carbonyl (C=O) groups is 1. The van der Waals surface area contributed by atoms with E-state index < -0.39 is 0 Å². The first-order valence-corrected chi connectivity index (χ1v) is 8.82. The molecular formula is C18H19N5O4. The molecule has 0 spiro atoms. The summed E-state index contributed by atoms with van der Waals surface area (Å²) in [5, 5.41) is 11.8. The van der Waals surface area contributed by atoms with Crippen LogP contribution in [0.2, 0.25) is 0 Å². The van der Waals surface area contributed by atoms with E-state index in [1.807, 2.05) is 0 Å². The highest BCUT2D eigenvalue weighted by molar-refractivity contribution is 6.04. The minimum absolute atomic E-state index is 0.123. The van der Waals surface area contributed by atoms with Gasteiger partial charge in [0.25, 0.3) is 17.4 Å². The van der Waals surface area contributed by atoms with Crippen LogP contribution in [0.5, 0.6) is 0 Å². The molecule has 0 bridgehead atoms. The van der Waals surface area contributed by atoms with Crippen molar-refractivity contribution in [2.75, 3.05) is 13.2 Å². The number of fused-ring (bicyclic) bond motifs is 1. The molecule has 1 amide bonds. The van der Waals surface area contributed by atoms with E-state index in [0.717, 1.165) is 12.8 Å². The van der Waals surface area contributed by atoms with Gasteiger partial charge in [-0.15, -0.1) is 0 Å². The molecule has 1 atom stereocenters. The minimum atomic E-state index is -0.357. The van der Waals surface area contributed by atoms with Gasteiger partial charge in [0, 0.05) is 32.0 Å². The fourth-order valence-electron chi connectivity index (χ4n) is 3.11. The van der Waals surface area contributed by atoms with Crippen molar-refractivity contribution in [3.63, 3.8) is 0 Å². The van der Waals surface area contributed by atoms with Gasteiger partial charge in [-0.3, -0.25) is 9.59 Å². The summed E-state index contributed by atoms with van der Waals surface area (Å²) in [6.07, 6.45) is 2.16. The molecule has 4 rings (SSSR count). The first-order chi connectivity index (χ1) is 13.1. The zero-order chi connectivity index (χ0) is 18.8. The van der Waals surface area contributed by atoms with Crippen LogP contribution in [0.15, 0.2) is 33.6 Å². The van der Waals surface area contributed by atoms with Crippen LogP contribution in [0.25, 0.3) is 10.8 Å². The van der Waals surface area contributed by atoms with Gasteiger partial charge in [0.05, 0.1) is 5.39 Å². The van der Waals surface area contributed by atoms with Gasteiger partial charge in [0.15, 0.2) is 11.5 Å². The number of carbonyl (C=O) groups excluding carboxylic acids is 1. The van der Waals surface area contributed by atoms with Crippen LogP contribution in [-0.2, 0) is 18.2 Å². The second kappa shape index (κ2) is 7.28. The zero-order valence-electron chi connectivity index (χ0n) is 14.8. The summed E-state index contributed by atoms with van der Waals surface area (Å²) in [5.41, 5.74) is -0.0311. The van der Waals surface area contributed by atoms with Crippen molar-refractivity contribution in [3.05, 3.63) is 52.0 Å². The Balaban J connectivity index is 1.44. The molecule has 27 heavy (non-hydrogen) atoms. The number of nitrogens with zero attached hydrogens (tertiary/aromatic N) is 4. The maximum absolute atomic E-state index is 12.6. The van der Waals surface area contributed by atoms with E-state index in [1.165, 1.54) is 11.7 Å². The first kappa shape index (κ1) is 17.3. The van der Waals surface area contributed by atoms with E-state index in [2.05, 4.69) is 20.6 Å². The number of nitrogens with one attached hydrogen (secondary N) is 1. The van der Waals surface area contributed by atoms with Crippen molar-refractivity contribution in [2.24, 2.45) is 7.05 Å². The van der Waals surface area contributed by atoms with Crippen LogP contribution in [0.4, 0.5) is 0 Å². The number of benzene rings is 1. The van der Waals surface area contributed by atoms with Gasteiger partial charge in [-0.2, -0.15) is 10.1 Å². The fraction of sp³-hybridized carbons (Fsp3) is 0.389. The van der Waals surface area contributed by atoms with Crippen LogP contribution >= 0.6 is 0 Å². The molecule has 9 nitrogen and oxygen atoms in total. The summed E-state index contributed by atoms with van der Waals surface area (Å²) in [5.74, 6) is 0.642. The third kappa shape index (κ3) is 3.45. The van der Waals surface area contributed by atoms with Crippen molar-refractivity contribution in [3.8, 4) is 0 Å². The first-order valence-electron chi connectivity index (χ1n) is 8.82. The highest BCUT2D eigenvalue weighted by Gasteiger charge is 2.23. The van der Waals surface area contributed by atoms with Crippen LogP contribution in [0, 0.1) is 0 Å². The third-order valence-corrected chi connectivity index (χ3v) is 4.49. The number of ether oxygens (including phenoxy) is 1. The number of rotatable bonds is 5. The van der Waals surface area contributed by atoms with Crippen molar-refractivity contribution in [2.45, 2.75) is 25.4 Å². The minimum Gasteiger partial charge on any atom is -0.368 e. The van der Waals surface area contributed by atoms with Gasteiger partial charge >= 0.3 is 0 Å². The molecule has 0 aliphatic carbocycles. The maximum Gasteiger partial charge on any atom is 0.274 e.